The summed E-state index contributed by atoms with van der Waals surface area (Å²) in [5.41, 5.74) is 7.25. The molecule has 0 amide bonds. The lowest BCUT2D eigenvalue weighted by Gasteiger charge is -2.33. The molecule has 0 bridgehead atoms. The summed E-state index contributed by atoms with van der Waals surface area (Å²) in [6.45, 7) is 3.72. The van der Waals surface area contributed by atoms with E-state index in [-0.39, 0.29) is 12.1 Å². The average molecular weight is 249 g/mol. The van der Waals surface area contributed by atoms with Crippen LogP contribution in [0.2, 0.25) is 0 Å². The summed E-state index contributed by atoms with van der Waals surface area (Å²) >= 11 is 0. The Morgan fingerprint density at radius 1 is 1.50 bits per heavy atom. The Bertz CT molecular complexity index is 351. The van der Waals surface area contributed by atoms with Crippen LogP contribution in [0.4, 0.5) is 0 Å². The van der Waals surface area contributed by atoms with Gasteiger partial charge in [-0.15, -0.1) is 0 Å². The van der Waals surface area contributed by atoms with Crippen molar-refractivity contribution in [1.29, 1.82) is 0 Å². The fourth-order valence-corrected chi connectivity index (χ4v) is 2.44. The lowest BCUT2D eigenvalue weighted by molar-refractivity contribution is 0.103. The zero-order chi connectivity index (χ0) is 13.0. The van der Waals surface area contributed by atoms with Gasteiger partial charge in [-0.1, -0.05) is 6.07 Å². The Hall–Kier alpha value is -0.970. The normalized spacial score (nSPS) is 18.9. The van der Waals surface area contributed by atoms with Gasteiger partial charge in [0.1, 0.15) is 0 Å². The topological polar surface area (TPSA) is 51.4 Å². The number of nitrogens with two attached hydrogens (primary N) is 1. The molecule has 18 heavy (non-hydrogen) atoms. The van der Waals surface area contributed by atoms with E-state index < -0.39 is 0 Å². The second kappa shape index (κ2) is 6.27. The highest BCUT2D eigenvalue weighted by Gasteiger charge is 2.36. The zero-order valence-electron chi connectivity index (χ0n) is 11.2. The van der Waals surface area contributed by atoms with Crippen LogP contribution in [0.5, 0.6) is 0 Å². The van der Waals surface area contributed by atoms with E-state index in [1.165, 1.54) is 12.8 Å². The minimum atomic E-state index is 0.0670. The van der Waals surface area contributed by atoms with Gasteiger partial charge in [0, 0.05) is 31.9 Å². The monoisotopic (exact) mass is 249 g/mol. The van der Waals surface area contributed by atoms with Crippen LogP contribution in [-0.2, 0) is 4.74 Å². The minimum absolute atomic E-state index is 0.0670. The van der Waals surface area contributed by atoms with Crippen LogP contribution in [0, 0.1) is 0 Å². The number of methoxy groups -OCH3 is 1. The van der Waals surface area contributed by atoms with Crippen molar-refractivity contribution >= 4 is 0 Å². The third-order valence-electron chi connectivity index (χ3n) is 3.42. The lowest BCUT2D eigenvalue weighted by Crippen LogP contribution is -2.42. The summed E-state index contributed by atoms with van der Waals surface area (Å²) in [7, 11) is 1.74. The van der Waals surface area contributed by atoms with Gasteiger partial charge in [-0.2, -0.15) is 0 Å². The van der Waals surface area contributed by atoms with E-state index in [1.54, 1.807) is 7.11 Å². The van der Waals surface area contributed by atoms with Gasteiger partial charge < -0.3 is 10.5 Å². The molecule has 100 valence electrons. The number of pyridine rings is 1. The predicted molar refractivity (Wildman–Crippen MR) is 72.2 cm³/mol. The first-order chi connectivity index (χ1) is 8.74. The molecule has 1 aliphatic rings. The SMILES string of the molecule is COCCN(C1CC1)C(c1ccccn1)C(C)N. The predicted octanol–water partition coefficient (Wildman–Crippen LogP) is 1.58. The third-order valence-corrected chi connectivity index (χ3v) is 3.42. The summed E-state index contributed by atoms with van der Waals surface area (Å²) in [4.78, 5) is 6.93. The van der Waals surface area contributed by atoms with E-state index in [2.05, 4.69) is 22.9 Å². The first kappa shape index (κ1) is 13.5. The van der Waals surface area contributed by atoms with Crippen molar-refractivity contribution in [3.8, 4) is 0 Å². The molecule has 4 heteroatoms. The second-order valence-corrected chi connectivity index (χ2v) is 5.02. The second-order valence-electron chi connectivity index (χ2n) is 5.02. The number of aromatic nitrogens is 1. The van der Waals surface area contributed by atoms with Crippen LogP contribution in [0.25, 0.3) is 0 Å². The quantitative estimate of drug-likeness (QED) is 0.797. The molecular weight excluding hydrogens is 226 g/mol. The van der Waals surface area contributed by atoms with Crippen molar-refractivity contribution in [3.05, 3.63) is 30.1 Å². The van der Waals surface area contributed by atoms with Gasteiger partial charge in [0.05, 0.1) is 18.3 Å². The largest absolute Gasteiger partial charge is 0.383 e. The molecule has 4 nitrogen and oxygen atoms in total. The number of hydrogen-bond acceptors (Lipinski definition) is 4. The van der Waals surface area contributed by atoms with Crippen LogP contribution in [-0.4, -0.2) is 42.2 Å². The summed E-state index contributed by atoms with van der Waals surface area (Å²) < 4.78 is 5.21. The van der Waals surface area contributed by atoms with E-state index in [0.717, 1.165) is 18.8 Å². The van der Waals surface area contributed by atoms with Gasteiger partial charge in [-0.05, 0) is 31.9 Å². The highest BCUT2D eigenvalue weighted by atomic mass is 16.5. The molecule has 0 spiro atoms. The molecule has 1 aliphatic carbocycles. The molecule has 0 aliphatic heterocycles. The van der Waals surface area contributed by atoms with E-state index in [9.17, 15) is 0 Å². The van der Waals surface area contributed by atoms with E-state index >= 15 is 0 Å². The molecule has 2 rings (SSSR count). The summed E-state index contributed by atoms with van der Waals surface area (Å²) in [6, 6.07) is 6.94. The van der Waals surface area contributed by atoms with Crippen LogP contribution >= 0.6 is 0 Å². The number of hydrogen-bond donors (Lipinski definition) is 1. The van der Waals surface area contributed by atoms with Crippen LogP contribution < -0.4 is 5.73 Å². The molecule has 1 fully saturated rings. The van der Waals surface area contributed by atoms with Crippen molar-refractivity contribution in [2.45, 2.75) is 37.9 Å². The summed E-state index contributed by atoms with van der Waals surface area (Å²) in [5, 5.41) is 0. The smallest absolute Gasteiger partial charge is 0.0674 e. The number of ether oxygens (including phenoxy) is 1. The van der Waals surface area contributed by atoms with E-state index in [4.69, 9.17) is 10.5 Å². The van der Waals surface area contributed by atoms with Crippen molar-refractivity contribution in [2.24, 2.45) is 5.73 Å². The Morgan fingerprint density at radius 2 is 2.28 bits per heavy atom. The van der Waals surface area contributed by atoms with Gasteiger partial charge in [-0.25, -0.2) is 0 Å². The fourth-order valence-electron chi connectivity index (χ4n) is 2.44. The molecule has 1 heterocycles. The van der Waals surface area contributed by atoms with Gasteiger partial charge >= 0.3 is 0 Å². The Kier molecular flexibility index (Phi) is 4.69. The Morgan fingerprint density at radius 3 is 2.78 bits per heavy atom. The first-order valence-electron chi connectivity index (χ1n) is 6.65. The van der Waals surface area contributed by atoms with E-state index in [1.807, 2.05) is 18.3 Å². The molecule has 1 aromatic heterocycles. The number of rotatable bonds is 7. The average Bonchev–Trinajstić information content (AvgIpc) is 3.19. The maximum atomic E-state index is 6.18. The van der Waals surface area contributed by atoms with Gasteiger partial charge in [0.25, 0.3) is 0 Å². The molecule has 2 atom stereocenters. The molecule has 2 N–H and O–H groups in total. The standard InChI is InChI=1S/C14H23N3O/c1-11(15)14(13-5-3-4-8-16-13)17(9-10-18-2)12-6-7-12/h3-5,8,11-12,14H,6-7,9-10,15H2,1-2H3. The lowest BCUT2D eigenvalue weighted by atomic mass is 10.0. The van der Waals surface area contributed by atoms with Gasteiger partial charge in [0.2, 0.25) is 0 Å². The minimum Gasteiger partial charge on any atom is -0.383 e. The first-order valence-corrected chi connectivity index (χ1v) is 6.65. The molecule has 0 radical (unpaired) electrons. The Balaban J connectivity index is 2.16. The summed E-state index contributed by atoms with van der Waals surface area (Å²) in [5.74, 6) is 0. The van der Waals surface area contributed by atoms with Gasteiger partial charge in [-0.3, -0.25) is 9.88 Å². The van der Waals surface area contributed by atoms with Gasteiger partial charge in [0.15, 0.2) is 0 Å². The molecule has 1 saturated carbocycles. The highest BCUT2D eigenvalue weighted by molar-refractivity contribution is 5.12. The molecular formula is C14H23N3O. The Labute approximate surface area is 109 Å². The molecule has 1 aromatic rings. The number of nitrogens with zero attached hydrogens (tertiary/aromatic N) is 2. The summed E-state index contributed by atoms with van der Waals surface area (Å²) in [6.07, 6.45) is 4.37. The highest BCUT2D eigenvalue weighted by Crippen LogP contribution is 2.34. The van der Waals surface area contributed by atoms with Crippen LogP contribution in [0.15, 0.2) is 24.4 Å². The molecule has 0 aromatic carbocycles. The zero-order valence-corrected chi connectivity index (χ0v) is 11.2. The van der Waals surface area contributed by atoms with E-state index in [0.29, 0.717) is 6.04 Å². The van der Waals surface area contributed by atoms with Crippen molar-refractivity contribution < 1.29 is 4.74 Å². The third kappa shape index (κ3) is 3.28. The van der Waals surface area contributed by atoms with Crippen LogP contribution in [0.3, 0.4) is 0 Å². The fraction of sp³-hybridized carbons (Fsp3) is 0.643. The molecule has 2 unspecified atom stereocenters. The van der Waals surface area contributed by atoms with Crippen molar-refractivity contribution in [3.63, 3.8) is 0 Å². The van der Waals surface area contributed by atoms with Crippen LogP contribution in [0.1, 0.15) is 31.5 Å². The maximum Gasteiger partial charge on any atom is 0.0674 e. The molecule has 0 saturated heterocycles. The maximum absolute atomic E-state index is 6.18. The van der Waals surface area contributed by atoms with Crippen molar-refractivity contribution in [2.75, 3.05) is 20.3 Å². The van der Waals surface area contributed by atoms with Crippen molar-refractivity contribution in [1.82, 2.24) is 9.88 Å².